The van der Waals surface area contributed by atoms with Crippen LogP contribution in [0.15, 0.2) is 59.3 Å². The quantitative estimate of drug-likeness (QED) is 0.164. The van der Waals surface area contributed by atoms with E-state index in [0.29, 0.717) is 56.1 Å². The lowest BCUT2D eigenvalue weighted by Gasteiger charge is -2.44. The first-order valence-corrected chi connectivity index (χ1v) is 23.2. The van der Waals surface area contributed by atoms with Crippen LogP contribution >= 0.6 is 0 Å². The molecule has 1 saturated carbocycles. The van der Waals surface area contributed by atoms with Crippen LogP contribution in [0, 0.1) is 11.8 Å². The van der Waals surface area contributed by atoms with E-state index in [1.807, 2.05) is 38.2 Å². The van der Waals surface area contributed by atoms with Crippen LogP contribution < -0.4 is 0 Å². The van der Waals surface area contributed by atoms with Gasteiger partial charge >= 0.3 is 5.97 Å². The van der Waals surface area contributed by atoms with Crippen LogP contribution in [0.3, 0.4) is 0 Å². The molecule has 14 nitrogen and oxygen atoms in total. The topological polar surface area (TPSA) is 170 Å². The third-order valence-corrected chi connectivity index (χ3v) is 14.5. The van der Waals surface area contributed by atoms with Gasteiger partial charge < -0.3 is 58.0 Å². The summed E-state index contributed by atoms with van der Waals surface area (Å²) in [4.78, 5) is 18.6. The number of allylic oxidation sites excluding steroid dienone is 2. The Labute approximate surface area is 371 Å². The molecule has 354 valence electrons. The molecule has 4 saturated heterocycles. The van der Waals surface area contributed by atoms with E-state index in [9.17, 15) is 24.6 Å². The van der Waals surface area contributed by atoms with Crippen molar-refractivity contribution in [2.75, 3.05) is 20.8 Å². The van der Waals surface area contributed by atoms with Crippen molar-refractivity contribution in [2.24, 2.45) is 11.8 Å². The average molecular weight is 891 g/mol. The van der Waals surface area contributed by atoms with Crippen LogP contribution in [0.4, 0.5) is 4.53 Å². The molecule has 5 fully saturated rings. The highest BCUT2D eigenvalue weighted by Gasteiger charge is 2.59. The van der Waals surface area contributed by atoms with Crippen molar-refractivity contribution in [3.05, 3.63) is 59.3 Å². The molecule has 0 aromatic carbocycles. The molecule has 10 unspecified atom stereocenters. The molecule has 2 bridgehead atoms. The van der Waals surface area contributed by atoms with Crippen molar-refractivity contribution in [1.29, 1.82) is 0 Å². The molecule has 0 radical (unpaired) electrons. The average Bonchev–Trinajstić information content (AvgIpc) is 3.62. The van der Waals surface area contributed by atoms with E-state index in [1.54, 1.807) is 40.2 Å². The summed E-state index contributed by atoms with van der Waals surface area (Å²) in [5.74, 6) is -1.54. The van der Waals surface area contributed by atoms with Crippen molar-refractivity contribution in [1.82, 2.24) is 0 Å². The lowest BCUT2D eigenvalue weighted by molar-refractivity contribution is -0.317. The van der Waals surface area contributed by atoms with E-state index in [4.69, 9.17) is 42.6 Å². The second-order valence-electron chi connectivity index (χ2n) is 18.7. The number of fused-ring (bicyclic) bond motifs is 2. The molecule has 0 aromatic rings. The molecule has 3 N–H and O–H groups in total. The molecule has 2 aliphatic carbocycles. The molecule has 15 heteroatoms. The molecule has 0 spiro atoms. The third kappa shape index (κ3) is 11.3. The Morgan fingerprint density at radius 2 is 1.63 bits per heavy atom. The Kier molecular flexibility index (Phi) is 16.9. The maximum Gasteiger partial charge on any atom is 0.316 e. The molecule has 7 rings (SSSR count). The molecular formula is C48H71FO14. The predicted octanol–water partition coefficient (Wildman–Crippen LogP) is 5.96. The standard InChI is InChI=1S/C48H71FO14/c1-27-19-20-34-23-35(22-33(59-34)16-12-18-38(63-49)31-13-8-7-9-14-31)60-47(52)36-21-28(2)43(50)46-48(36,53)32(26-56-46)15-10-11-17-37(27)61-41-25-40(55-6)45(30(4)58-41)62-42-24-39(54-5)44(51)29(3)57-42/h10-12,15-16,19,21,29-31,33-46,50-51,53H,7-9,13-14,17-18,20,22-26H2,1-6H3/b11-10+,16-12-,27-19+,32-15+/t29?,30?,33?,34-,35?,36+,37+,38?,39?,40?,41?,42?,43?,44+,45+,46-,48-/m1/s1. The molecule has 63 heavy (non-hydrogen) atoms. The number of hydrogen-bond donors (Lipinski definition) is 3. The summed E-state index contributed by atoms with van der Waals surface area (Å²) in [6, 6.07) is 0. The highest BCUT2D eigenvalue weighted by molar-refractivity contribution is 5.78. The van der Waals surface area contributed by atoms with Crippen LogP contribution in [0.5, 0.6) is 0 Å². The van der Waals surface area contributed by atoms with Gasteiger partial charge in [0.25, 0.3) is 0 Å². The van der Waals surface area contributed by atoms with Gasteiger partial charge in [-0.25, -0.2) is 0 Å². The minimum Gasteiger partial charge on any atom is -0.462 e. The summed E-state index contributed by atoms with van der Waals surface area (Å²) in [7, 11) is 3.20. The zero-order valence-electron chi connectivity index (χ0n) is 37.8. The summed E-state index contributed by atoms with van der Waals surface area (Å²) in [6.45, 7) is 7.46. The van der Waals surface area contributed by atoms with Crippen molar-refractivity contribution in [3.8, 4) is 0 Å². The number of hydrogen-bond acceptors (Lipinski definition) is 14. The van der Waals surface area contributed by atoms with Gasteiger partial charge in [0.05, 0.1) is 49.3 Å². The molecule has 0 aromatic heterocycles. The number of halogens is 1. The van der Waals surface area contributed by atoms with Crippen LogP contribution in [0.1, 0.15) is 105 Å². The van der Waals surface area contributed by atoms with Crippen molar-refractivity contribution >= 4 is 5.97 Å². The van der Waals surface area contributed by atoms with E-state index >= 15 is 0 Å². The van der Waals surface area contributed by atoms with E-state index in [2.05, 4.69) is 11.0 Å². The Balaban J connectivity index is 1.11. The fourth-order valence-corrected chi connectivity index (χ4v) is 10.6. The summed E-state index contributed by atoms with van der Waals surface area (Å²) in [5.41, 5.74) is 0.0925. The molecule has 5 heterocycles. The minimum absolute atomic E-state index is 0.0238. The first-order chi connectivity index (χ1) is 30.3. The highest BCUT2D eigenvalue weighted by Crippen LogP contribution is 2.46. The maximum absolute atomic E-state index is 14.2. The lowest BCUT2D eigenvalue weighted by atomic mass is 9.71. The van der Waals surface area contributed by atoms with E-state index in [-0.39, 0.29) is 24.7 Å². The van der Waals surface area contributed by atoms with Crippen molar-refractivity contribution in [3.63, 3.8) is 0 Å². The Hall–Kier alpha value is -2.38. The van der Waals surface area contributed by atoms with E-state index < -0.39 is 97.2 Å². The monoisotopic (exact) mass is 890 g/mol. The van der Waals surface area contributed by atoms with Gasteiger partial charge in [0.2, 0.25) is 0 Å². The number of rotatable bonds is 11. The number of aliphatic hydroxyl groups is 3. The SMILES string of the molecule is COC1CC(O[C@H]2C(C)OC(O[C@H]3C/C=C/C=C4\CO[C@@H]5C(O)C(C)=C[C@@H](C(=O)OC6CC(/C=C\CC(OF)C7CCCCC7)O[C@H](C/C=C/3C)C6)[C@]45O)CC2OC)OC(C)[C@@H]1O. The second-order valence-corrected chi connectivity index (χ2v) is 18.7. The van der Waals surface area contributed by atoms with E-state index in [0.717, 1.165) is 37.7 Å². The number of carbonyl (C=O) groups is 1. The summed E-state index contributed by atoms with van der Waals surface area (Å²) in [6.07, 6.45) is 12.5. The Morgan fingerprint density at radius 1 is 0.905 bits per heavy atom. The molecule has 0 amide bonds. The minimum atomic E-state index is -1.83. The summed E-state index contributed by atoms with van der Waals surface area (Å²) in [5, 5.41) is 34.0. The number of methoxy groups -OCH3 is 2. The molecule has 7 aliphatic rings. The number of aliphatic hydroxyl groups excluding tert-OH is 2. The second kappa shape index (κ2) is 21.9. The number of esters is 1. The fraction of sp³-hybridized carbons (Fsp3) is 0.771. The predicted molar refractivity (Wildman–Crippen MR) is 227 cm³/mol. The first kappa shape index (κ1) is 48.6. The third-order valence-electron chi connectivity index (χ3n) is 14.5. The van der Waals surface area contributed by atoms with Crippen molar-refractivity contribution in [2.45, 2.75) is 202 Å². The van der Waals surface area contributed by atoms with Gasteiger partial charge in [0, 0.05) is 39.9 Å². The summed E-state index contributed by atoms with van der Waals surface area (Å²) >= 11 is 0. The number of ether oxygens (including phenoxy) is 9. The highest BCUT2D eigenvalue weighted by atomic mass is 19.3. The van der Waals surface area contributed by atoms with Gasteiger partial charge in [-0.2, -0.15) is 4.94 Å². The van der Waals surface area contributed by atoms with Gasteiger partial charge in [-0.3, -0.25) is 4.79 Å². The van der Waals surface area contributed by atoms with Gasteiger partial charge in [-0.15, -0.1) is 0 Å². The van der Waals surface area contributed by atoms with Crippen LogP contribution in [0.25, 0.3) is 0 Å². The smallest absolute Gasteiger partial charge is 0.316 e. The summed E-state index contributed by atoms with van der Waals surface area (Å²) < 4.78 is 69.8. The normalized spacial score (nSPS) is 44.7. The van der Waals surface area contributed by atoms with Crippen LogP contribution in [-0.4, -0.2) is 140 Å². The Morgan fingerprint density at radius 3 is 2.38 bits per heavy atom. The van der Waals surface area contributed by atoms with E-state index in [1.165, 1.54) is 0 Å². The maximum atomic E-state index is 14.2. The van der Waals surface area contributed by atoms with Gasteiger partial charge in [0.15, 0.2) is 12.6 Å². The van der Waals surface area contributed by atoms with Gasteiger partial charge in [-0.05, 0) is 87.0 Å². The zero-order valence-corrected chi connectivity index (χ0v) is 37.8. The van der Waals surface area contributed by atoms with Crippen molar-refractivity contribution < 1.29 is 72.2 Å². The zero-order chi connectivity index (χ0) is 44.8. The first-order valence-electron chi connectivity index (χ1n) is 23.2. The largest absolute Gasteiger partial charge is 0.462 e. The Bertz CT molecular complexity index is 1680. The van der Waals surface area contributed by atoms with Gasteiger partial charge in [0.1, 0.15) is 48.1 Å². The molecular weight excluding hydrogens is 820 g/mol. The molecule has 5 aliphatic heterocycles. The molecule has 17 atom stereocenters. The van der Waals surface area contributed by atoms with Crippen LogP contribution in [-0.2, 0) is 52.4 Å². The fourth-order valence-electron chi connectivity index (χ4n) is 10.6. The number of carbonyl (C=O) groups excluding carboxylic acids is 1. The lowest BCUT2D eigenvalue weighted by Crippen LogP contribution is -2.57. The van der Waals surface area contributed by atoms with Gasteiger partial charge in [-0.1, -0.05) is 61.8 Å². The van der Waals surface area contributed by atoms with Crippen LogP contribution in [0.2, 0.25) is 0 Å².